The van der Waals surface area contributed by atoms with E-state index in [0.29, 0.717) is 0 Å². The summed E-state index contributed by atoms with van der Waals surface area (Å²) in [6.07, 6.45) is 2.71. The lowest BCUT2D eigenvalue weighted by molar-refractivity contribution is -0.124. The molecule has 1 fully saturated rings. The Balaban J connectivity index is 1.74. The third-order valence-electron chi connectivity index (χ3n) is 3.83. The summed E-state index contributed by atoms with van der Waals surface area (Å²) in [4.78, 5) is 20.1. The van der Waals surface area contributed by atoms with Crippen LogP contribution in [0.15, 0.2) is 0 Å². The molecule has 2 aliphatic rings. The Morgan fingerprint density at radius 3 is 3.00 bits per heavy atom. The van der Waals surface area contributed by atoms with Crippen LogP contribution in [0.2, 0.25) is 0 Å². The number of carbonyl (C=O) groups is 1. The number of hydrogen-bond donors (Lipinski definition) is 1. The van der Waals surface area contributed by atoms with E-state index in [1.165, 1.54) is 4.88 Å². The number of nitrogens with zero attached hydrogens (tertiary/aromatic N) is 2. The molecule has 5 nitrogen and oxygen atoms in total. The summed E-state index contributed by atoms with van der Waals surface area (Å²) in [6.45, 7) is 3.41. The van der Waals surface area contributed by atoms with Crippen LogP contribution in [-0.2, 0) is 22.4 Å². The van der Waals surface area contributed by atoms with Crippen molar-refractivity contribution in [1.29, 1.82) is 0 Å². The van der Waals surface area contributed by atoms with Crippen LogP contribution in [0.1, 0.15) is 17.0 Å². The van der Waals surface area contributed by atoms with Crippen LogP contribution in [0, 0.1) is 5.92 Å². The van der Waals surface area contributed by atoms with Crippen molar-refractivity contribution in [3.05, 3.63) is 10.6 Å². The fourth-order valence-electron chi connectivity index (χ4n) is 2.68. The molecule has 104 valence electrons. The van der Waals surface area contributed by atoms with E-state index in [4.69, 9.17) is 9.72 Å². The molecule has 0 aromatic carbocycles. The van der Waals surface area contributed by atoms with E-state index in [2.05, 4.69) is 10.2 Å². The number of fused-ring (bicyclic) bond motifs is 1. The normalized spacial score (nSPS) is 23.0. The number of anilines is 1. The average molecular weight is 281 g/mol. The van der Waals surface area contributed by atoms with E-state index in [1.807, 2.05) is 0 Å². The van der Waals surface area contributed by atoms with Crippen molar-refractivity contribution in [2.45, 2.75) is 19.3 Å². The predicted molar refractivity (Wildman–Crippen MR) is 74.7 cm³/mol. The van der Waals surface area contributed by atoms with Crippen LogP contribution in [0.3, 0.4) is 0 Å². The number of morpholine rings is 1. The lowest BCUT2D eigenvalue weighted by atomic mass is 9.90. The van der Waals surface area contributed by atoms with Gasteiger partial charge in [0.1, 0.15) is 0 Å². The molecule has 0 spiro atoms. The third-order valence-corrected chi connectivity index (χ3v) is 5.04. The molecule has 1 atom stereocenters. The number of thiazole rings is 1. The molecule has 1 aromatic heterocycles. The molecule has 1 aliphatic carbocycles. The van der Waals surface area contributed by atoms with E-state index in [1.54, 1.807) is 18.4 Å². The van der Waals surface area contributed by atoms with Gasteiger partial charge in [-0.1, -0.05) is 0 Å². The molecule has 1 N–H and O–H groups in total. The maximum absolute atomic E-state index is 11.7. The topological polar surface area (TPSA) is 54.5 Å². The summed E-state index contributed by atoms with van der Waals surface area (Å²) in [5, 5.41) is 3.85. The molecule has 0 saturated carbocycles. The summed E-state index contributed by atoms with van der Waals surface area (Å²) in [5.41, 5.74) is 1.13. The van der Waals surface area contributed by atoms with Gasteiger partial charge in [-0.2, -0.15) is 0 Å². The lowest BCUT2D eigenvalue weighted by Crippen LogP contribution is -2.36. The molecule has 2 heterocycles. The maximum atomic E-state index is 11.7. The van der Waals surface area contributed by atoms with Crippen LogP contribution in [0.25, 0.3) is 0 Å². The zero-order chi connectivity index (χ0) is 13.2. The van der Waals surface area contributed by atoms with E-state index < -0.39 is 0 Å². The minimum Gasteiger partial charge on any atom is -0.378 e. The molecule has 1 unspecified atom stereocenters. The number of amides is 1. The zero-order valence-electron chi connectivity index (χ0n) is 11.1. The van der Waals surface area contributed by atoms with Gasteiger partial charge in [0.25, 0.3) is 0 Å². The number of carbonyl (C=O) groups excluding carboxylic acids is 1. The SMILES string of the molecule is CNC(=O)C1CCc2sc(N3CCOCC3)nc2C1. The van der Waals surface area contributed by atoms with Crippen molar-refractivity contribution in [3.63, 3.8) is 0 Å². The number of ether oxygens (including phenoxy) is 1. The molecule has 3 rings (SSSR count). The standard InChI is InChI=1S/C13H19N3O2S/c1-14-12(17)9-2-3-11-10(8-9)15-13(19-11)16-4-6-18-7-5-16/h9H,2-8H2,1H3,(H,14,17). The summed E-state index contributed by atoms with van der Waals surface area (Å²) in [6, 6.07) is 0. The fraction of sp³-hybridized carbons (Fsp3) is 0.692. The Morgan fingerprint density at radius 1 is 1.47 bits per heavy atom. The van der Waals surface area contributed by atoms with Gasteiger partial charge in [-0.25, -0.2) is 4.98 Å². The Morgan fingerprint density at radius 2 is 2.26 bits per heavy atom. The van der Waals surface area contributed by atoms with Crippen molar-refractivity contribution in [2.75, 3.05) is 38.3 Å². The molecule has 0 radical (unpaired) electrons. The van der Waals surface area contributed by atoms with Crippen molar-refractivity contribution in [2.24, 2.45) is 5.92 Å². The molecular weight excluding hydrogens is 262 g/mol. The number of nitrogens with one attached hydrogen (secondary N) is 1. The highest BCUT2D eigenvalue weighted by Gasteiger charge is 2.28. The second kappa shape index (κ2) is 5.46. The Hall–Kier alpha value is -1.14. The Bertz CT molecular complexity index is 468. The van der Waals surface area contributed by atoms with Gasteiger partial charge >= 0.3 is 0 Å². The first-order valence-corrected chi connectivity index (χ1v) is 7.62. The summed E-state index contributed by atoms with van der Waals surface area (Å²) in [7, 11) is 1.71. The fourth-order valence-corrected chi connectivity index (χ4v) is 3.84. The van der Waals surface area contributed by atoms with Crippen molar-refractivity contribution in [3.8, 4) is 0 Å². The Kier molecular flexibility index (Phi) is 3.70. The molecule has 1 aromatic rings. The van der Waals surface area contributed by atoms with Gasteiger partial charge in [-0.05, 0) is 12.8 Å². The first-order chi connectivity index (χ1) is 9.28. The number of aromatic nitrogens is 1. The number of aryl methyl sites for hydroxylation is 1. The van der Waals surface area contributed by atoms with Crippen LogP contribution < -0.4 is 10.2 Å². The monoisotopic (exact) mass is 281 g/mol. The van der Waals surface area contributed by atoms with E-state index in [-0.39, 0.29) is 11.8 Å². The van der Waals surface area contributed by atoms with E-state index in [9.17, 15) is 4.79 Å². The van der Waals surface area contributed by atoms with Crippen molar-refractivity contribution >= 4 is 22.4 Å². The van der Waals surface area contributed by atoms with Gasteiger partial charge in [0, 0.05) is 37.4 Å². The van der Waals surface area contributed by atoms with Crippen LogP contribution in [-0.4, -0.2) is 44.2 Å². The zero-order valence-corrected chi connectivity index (χ0v) is 12.0. The maximum Gasteiger partial charge on any atom is 0.223 e. The molecule has 0 bridgehead atoms. The largest absolute Gasteiger partial charge is 0.378 e. The third kappa shape index (κ3) is 2.60. The number of rotatable bonds is 2. The highest BCUT2D eigenvalue weighted by atomic mass is 32.1. The van der Waals surface area contributed by atoms with Gasteiger partial charge in [0.05, 0.1) is 18.9 Å². The molecule has 1 saturated heterocycles. The van der Waals surface area contributed by atoms with Crippen LogP contribution >= 0.6 is 11.3 Å². The van der Waals surface area contributed by atoms with E-state index in [0.717, 1.165) is 56.4 Å². The molecule has 19 heavy (non-hydrogen) atoms. The summed E-state index contributed by atoms with van der Waals surface area (Å²) in [5.74, 6) is 0.240. The van der Waals surface area contributed by atoms with Gasteiger partial charge < -0.3 is 15.0 Å². The van der Waals surface area contributed by atoms with Gasteiger partial charge in [-0.15, -0.1) is 11.3 Å². The molecule has 1 amide bonds. The first kappa shape index (κ1) is 12.9. The minimum absolute atomic E-state index is 0.0946. The smallest absolute Gasteiger partial charge is 0.223 e. The predicted octanol–water partition coefficient (Wildman–Crippen LogP) is 0.831. The second-order valence-corrected chi connectivity index (χ2v) is 6.08. The Labute approximate surface area is 117 Å². The molecular formula is C13H19N3O2S. The van der Waals surface area contributed by atoms with E-state index >= 15 is 0 Å². The van der Waals surface area contributed by atoms with Crippen molar-refractivity contribution in [1.82, 2.24) is 10.3 Å². The lowest BCUT2D eigenvalue weighted by Gasteiger charge is -2.26. The van der Waals surface area contributed by atoms with Crippen LogP contribution in [0.5, 0.6) is 0 Å². The highest BCUT2D eigenvalue weighted by molar-refractivity contribution is 7.15. The average Bonchev–Trinajstić information content (AvgIpc) is 2.90. The van der Waals surface area contributed by atoms with Gasteiger partial charge in [0.2, 0.25) is 5.91 Å². The highest BCUT2D eigenvalue weighted by Crippen LogP contribution is 2.34. The molecule has 1 aliphatic heterocycles. The van der Waals surface area contributed by atoms with Gasteiger partial charge in [0.15, 0.2) is 5.13 Å². The summed E-state index contributed by atoms with van der Waals surface area (Å²) < 4.78 is 5.37. The number of hydrogen-bond acceptors (Lipinski definition) is 5. The quantitative estimate of drug-likeness (QED) is 0.872. The molecule has 6 heteroatoms. The summed E-state index contributed by atoms with van der Waals surface area (Å²) >= 11 is 1.79. The van der Waals surface area contributed by atoms with Crippen molar-refractivity contribution < 1.29 is 9.53 Å². The van der Waals surface area contributed by atoms with Crippen LogP contribution in [0.4, 0.5) is 5.13 Å². The minimum atomic E-state index is 0.0946. The second-order valence-electron chi connectivity index (χ2n) is 5.02. The van der Waals surface area contributed by atoms with Gasteiger partial charge in [-0.3, -0.25) is 4.79 Å². The first-order valence-electron chi connectivity index (χ1n) is 6.81.